The minimum atomic E-state index is -0.177. The van der Waals surface area contributed by atoms with E-state index < -0.39 is 0 Å². The number of aromatic nitrogens is 2. The molecule has 1 aromatic carbocycles. The molecule has 0 radical (unpaired) electrons. The Morgan fingerprint density at radius 1 is 0.885 bits per heavy atom. The number of pyridine rings is 1. The van der Waals surface area contributed by atoms with Crippen molar-refractivity contribution in [3.8, 4) is 4.56 Å². The molecule has 3 heterocycles. The fourth-order valence-corrected chi connectivity index (χ4v) is 5.20. The van der Waals surface area contributed by atoms with Gasteiger partial charge in [0.2, 0.25) is 0 Å². The molecule has 1 aliphatic rings. The van der Waals surface area contributed by atoms with Crippen LogP contribution in [0.25, 0.3) is 21.7 Å². The van der Waals surface area contributed by atoms with Gasteiger partial charge in [0, 0.05) is 0 Å². The summed E-state index contributed by atoms with van der Waals surface area (Å²) in [6, 6.07) is 17.0. The van der Waals surface area contributed by atoms with Crippen molar-refractivity contribution in [1.82, 2.24) is 9.55 Å². The Labute approximate surface area is 155 Å². The van der Waals surface area contributed by atoms with Gasteiger partial charge in [-0.25, -0.2) is 0 Å². The third-order valence-corrected chi connectivity index (χ3v) is 6.65. The molecule has 0 spiro atoms. The van der Waals surface area contributed by atoms with Crippen molar-refractivity contribution in [2.24, 2.45) is 0 Å². The van der Waals surface area contributed by atoms with Crippen LogP contribution < -0.4 is 0 Å². The van der Waals surface area contributed by atoms with Crippen LogP contribution in [0.15, 0.2) is 72.6 Å². The molecular weight excluding hydrogens is 391 g/mol. The number of rotatable bonds is 2. The van der Waals surface area contributed by atoms with E-state index in [0.717, 1.165) is 20.0 Å². The zero-order valence-electron chi connectivity index (χ0n) is 13.5. The van der Waals surface area contributed by atoms with Gasteiger partial charge in [-0.1, -0.05) is 0 Å². The number of carbonyl (C=O) groups is 2. The van der Waals surface area contributed by atoms with Crippen LogP contribution >= 0.6 is 0 Å². The van der Waals surface area contributed by atoms with Crippen LogP contribution in [0, 0.1) is 0 Å². The molecule has 4 aromatic rings. The van der Waals surface area contributed by atoms with Gasteiger partial charge in [-0.15, -0.1) is 0 Å². The van der Waals surface area contributed by atoms with Gasteiger partial charge < -0.3 is 0 Å². The molecule has 0 saturated heterocycles. The maximum absolute atomic E-state index is 12.5. The number of benzene rings is 1. The second-order valence-corrected chi connectivity index (χ2v) is 8.33. The van der Waals surface area contributed by atoms with Crippen LogP contribution in [-0.2, 0) is 0 Å². The van der Waals surface area contributed by atoms with Gasteiger partial charge in [0.05, 0.1) is 0 Å². The van der Waals surface area contributed by atoms with Crippen molar-refractivity contribution >= 4 is 43.2 Å². The Morgan fingerprint density at radius 2 is 1.65 bits per heavy atom. The normalized spacial score (nSPS) is 13.5. The van der Waals surface area contributed by atoms with Crippen molar-refractivity contribution in [3.63, 3.8) is 0 Å². The van der Waals surface area contributed by atoms with E-state index in [1.165, 1.54) is 0 Å². The number of allylic oxidation sites excluding steroid dienone is 1. The zero-order valence-corrected chi connectivity index (χ0v) is 15.3. The van der Waals surface area contributed by atoms with Crippen molar-refractivity contribution in [3.05, 3.63) is 88.1 Å². The van der Waals surface area contributed by atoms with E-state index in [0.29, 0.717) is 11.1 Å². The number of Topliss-reactive ketones (excluding diaryl/α,β-unsaturated/α-hetero) is 2. The average Bonchev–Trinajstić information content (AvgIpc) is 3.36. The van der Waals surface area contributed by atoms with Gasteiger partial charge >= 0.3 is 155 Å². The van der Waals surface area contributed by atoms with Gasteiger partial charge in [0.15, 0.2) is 0 Å². The summed E-state index contributed by atoms with van der Waals surface area (Å²) in [7, 11) is 0. The molecule has 5 rings (SSSR count). The van der Waals surface area contributed by atoms with Crippen LogP contribution in [0.5, 0.6) is 0 Å². The van der Waals surface area contributed by atoms with Crippen molar-refractivity contribution < 1.29 is 9.59 Å². The van der Waals surface area contributed by atoms with E-state index in [-0.39, 0.29) is 31.6 Å². The minimum absolute atomic E-state index is 0.00576. The third-order valence-electron chi connectivity index (χ3n) is 4.49. The topological polar surface area (TPSA) is 52.0 Å². The first kappa shape index (κ1) is 15.3. The molecule has 0 unspecified atom stereocenters. The monoisotopic (exact) mass is 404 g/mol. The molecule has 26 heavy (non-hydrogen) atoms. The molecular formula is C21H12N2O2Se. The first-order valence-electron chi connectivity index (χ1n) is 8.15. The van der Waals surface area contributed by atoms with Crippen molar-refractivity contribution in [1.29, 1.82) is 0 Å². The quantitative estimate of drug-likeness (QED) is 0.292. The summed E-state index contributed by atoms with van der Waals surface area (Å²) in [5.41, 5.74) is 2.19. The molecule has 5 heteroatoms. The summed E-state index contributed by atoms with van der Waals surface area (Å²) in [4.78, 5) is 29.5. The van der Waals surface area contributed by atoms with Gasteiger partial charge in [-0.3, -0.25) is 0 Å². The molecule has 124 valence electrons. The molecule has 3 aromatic heterocycles. The average molecular weight is 403 g/mol. The second-order valence-electron chi connectivity index (χ2n) is 6.04. The van der Waals surface area contributed by atoms with E-state index in [2.05, 4.69) is 9.55 Å². The predicted octanol–water partition coefficient (Wildman–Crippen LogP) is 3.55. The summed E-state index contributed by atoms with van der Waals surface area (Å²) in [5, 5.41) is 1.09. The van der Waals surface area contributed by atoms with Gasteiger partial charge in [0.1, 0.15) is 0 Å². The molecule has 4 nitrogen and oxygen atoms in total. The molecule has 0 N–H and O–H groups in total. The molecule has 0 fully saturated rings. The SMILES string of the molecule is O=C1C(=Cc2ccc(-n3ccc4cccnc43)[se]2)C(=O)c2ccccc21. The van der Waals surface area contributed by atoms with Crippen molar-refractivity contribution in [2.45, 2.75) is 0 Å². The van der Waals surface area contributed by atoms with E-state index in [9.17, 15) is 9.59 Å². The summed E-state index contributed by atoms with van der Waals surface area (Å²) < 4.78 is 4.22. The molecule has 0 bridgehead atoms. The standard InChI is InChI=1S/C21H12N2O2Se/c24-19-15-5-1-2-6-16(15)20(25)17(19)12-14-7-8-18(26-14)23-11-9-13-4-3-10-22-21(13)23/h1-12H. The summed E-state index contributed by atoms with van der Waals surface area (Å²) >= 11 is 0.00576. The number of ketones is 2. The van der Waals surface area contributed by atoms with E-state index >= 15 is 0 Å². The van der Waals surface area contributed by atoms with Crippen LogP contribution in [0.2, 0.25) is 0 Å². The Balaban J connectivity index is 1.55. The zero-order chi connectivity index (χ0) is 17.7. The van der Waals surface area contributed by atoms with E-state index in [1.807, 2.05) is 36.5 Å². The molecule has 0 aliphatic heterocycles. The number of carbonyl (C=O) groups excluding carboxylic acids is 2. The van der Waals surface area contributed by atoms with Gasteiger partial charge in [-0.05, 0) is 0 Å². The third kappa shape index (κ3) is 2.25. The number of hydrogen-bond acceptors (Lipinski definition) is 3. The Morgan fingerprint density at radius 3 is 2.42 bits per heavy atom. The summed E-state index contributed by atoms with van der Waals surface area (Å²) in [6.07, 6.45) is 5.55. The first-order chi connectivity index (χ1) is 12.7. The van der Waals surface area contributed by atoms with E-state index in [1.54, 1.807) is 36.5 Å². The Kier molecular flexibility index (Phi) is 3.38. The van der Waals surface area contributed by atoms with Gasteiger partial charge in [-0.2, -0.15) is 0 Å². The second kappa shape index (κ2) is 5.77. The molecule has 0 atom stereocenters. The first-order valence-corrected chi connectivity index (χ1v) is 9.86. The molecule has 1 aliphatic carbocycles. The summed E-state index contributed by atoms with van der Waals surface area (Å²) in [6.45, 7) is 0. The molecule has 0 saturated carbocycles. The van der Waals surface area contributed by atoms with Crippen LogP contribution in [0.4, 0.5) is 0 Å². The Hall–Kier alpha value is -3.01. The van der Waals surface area contributed by atoms with E-state index in [4.69, 9.17) is 0 Å². The Bertz CT molecular complexity index is 1190. The van der Waals surface area contributed by atoms with Crippen LogP contribution in [-0.4, -0.2) is 35.6 Å². The van der Waals surface area contributed by atoms with Crippen LogP contribution in [0.3, 0.4) is 0 Å². The fraction of sp³-hybridized carbons (Fsp3) is 0. The maximum atomic E-state index is 12.5. The fourth-order valence-electron chi connectivity index (χ4n) is 3.24. The molecule has 0 amide bonds. The predicted molar refractivity (Wildman–Crippen MR) is 101 cm³/mol. The summed E-state index contributed by atoms with van der Waals surface area (Å²) in [5.74, 6) is -0.354. The van der Waals surface area contributed by atoms with Gasteiger partial charge in [0.25, 0.3) is 0 Å². The number of hydrogen-bond donors (Lipinski definition) is 0. The van der Waals surface area contributed by atoms with Crippen molar-refractivity contribution in [2.75, 3.05) is 0 Å². The number of fused-ring (bicyclic) bond motifs is 2. The number of nitrogens with zero attached hydrogens (tertiary/aromatic N) is 2. The van der Waals surface area contributed by atoms with Crippen LogP contribution in [0.1, 0.15) is 25.2 Å².